The van der Waals surface area contributed by atoms with E-state index in [1.54, 1.807) is 0 Å². The Balaban J connectivity index is 0.00000289. The molecule has 1 saturated heterocycles. The van der Waals surface area contributed by atoms with Crippen molar-refractivity contribution in [1.82, 2.24) is 10.2 Å². The number of hydrogen-bond donors (Lipinski definition) is 3. The zero-order chi connectivity index (χ0) is 23.3. The van der Waals surface area contributed by atoms with E-state index >= 15 is 0 Å². The number of benzene rings is 3. The van der Waals surface area contributed by atoms with Gasteiger partial charge in [-0.1, -0.05) is 30.7 Å². The predicted molar refractivity (Wildman–Crippen MR) is 151 cm³/mol. The van der Waals surface area contributed by atoms with Crippen LogP contribution in [-0.2, 0) is 6.54 Å². The second-order valence-electron chi connectivity index (χ2n) is 9.45. The van der Waals surface area contributed by atoms with Crippen molar-refractivity contribution in [1.29, 1.82) is 0 Å². The van der Waals surface area contributed by atoms with E-state index in [9.17, 15) is 0 Å². The normalized spacial score (nSPS) is 14.3. The Morgan fingerprint density at radius 2 is 1.49 bits per heavy atom. The minimum Gasteiger partial charge on any atom is -0.399 e. The van der Waals surface area contributed by atoms with Gasteiger partial charge < -0.3 is 21.7 Å². The molecule has 0 bridgehead atoms. The van der Waals surface area contributed by atoms with E-state index in [0.29, 0.717) is 0 Å². The molecule has 5 N–H and O–H groups in total. The van der Waals surface area contributed by atoms with Gasteiger partial charge in [0.2, 0.25) is 11.2 Å². The van der Waals surface area contributed by atoms with Gasteiger partial charge in [0.25, 0.3) is 0 Å². The third-order valence-corrected chi connectivity index (χ3v) is 7.01. The number of nitrogens with zero attached hydrogens (tertiary/aromatic N) is 2. The third kappa shape index (κ3) is 5.69. The first-order chi connectivity index (χ1) is 16.7. The molecule has 0 saturated carbocycles. The number of nitrogens with one attached hydrogen (secondary N) is 1. The quantitative estimate of drug-likeness (QED) is 0.141. The molecule has 0 radical (unpaired) electrons. The number of anilines is 2. The molecule has 4 aromatic rings. The monoisotopic (exact) mass is 490 g/mol. The van der Waals surface area contributed by atoms with E-state index in [2.05, 4.69) is 69.4 Å². The molecule has 1 aromatic heterocycles. The fourth-order valence-electron chi connectivity index (χ4n) is 5.31. The fraction of sp³-hybridized carbons (Fsp3) is 0.345. The Bertz CT molecular complexity index is 1270. The van der Waals surface area contributed by atoms with Crippen LogP contribution in [0.1, 0.15) is 25.7 Å². The highest BCUT2D eigenvalue weighted by atomic mass is 35.5. The Morgan fingerprint density at radius 1 is 0.771 bits per heavy atom. The zero-order valence-electron chi connectivity index (χ0n) is 20.4. The second kappa shape index (κ2) is 11.7. The molecule has 5 nitrogen and oxygen atoms in total. The lowest BCUT2D eigenvalue weighted by atomic mass is 9.98. The van der Waals surface area contributed by atoms with Gasteiger partial charge in [-0.05, 0) is 62.3 Å². The van der Waals surface area contributed by atoms with E-state index < -0.39 is 0 Å². The van der Waals surface area contributed by atoms with E-state index in [1.807, 2.05) is 12.1 Å². The summed E-state index contributed by atoms with van der Waals surface area (Å²) in [6.45, 7) is 6.62. The average molecular weight is 491 g/mol. The van der Waals surface area contributed by atoms with Gasteiger partial charge in [-0.15, -0.1) is 12.4 Å². The number of fused-ring (bicyclic) bond motifs is 3. The van der Waals surface area contributed by atoms with Crippen LogP contribution in [-0.4, -0.2) is 37.6 Å². The molecular formula is C29H37ClN5+. The number of nitrogens with two attached hydrogens (primary N) is 2. The van der Waals surface area contributed by atoms with Gasteiger partial charge in [0.1, 0.15) is 0 Å². The summed E-state index contributed by atoms with van der Waals surface area (Å²) in [7, 11) is 0. The molecule has 0 spiro atoms. The Hall–Kier alpha value is -2.86. The number of rotatable bonds is 8. The number of hydrogen-bond acceptors (Lipinski definition) is 4. The molecule has 35 heavy (non-hydrogen) atoms. The molecule has 0 aliphatic carbocycles. The molecule has 3 aromatic carbocycles. The third-order valence-electron chi connectivity index (χ3n) is 7.01. The minimum absolute atomic E-state index is 0. The van der Waals surface area contributed by atoms with Crippen molar-refractivity contribution in [3.05, 3.63) is 66.7 Å². The van der Waals surface area contributed by atoms with Crippen LogP contribution in [0.25, 0.3) is 32.9 Å². The summed E-state index contributed by atoms with van der Waals surface area (Å²) in [5.74, 6) is 0. The molecule has 5 rings (SSSR count). The summed E-state index contributed by atoms with van der Waals surface area (Å²) >= 11 is 0. The molecule has 0 unspecified atom stereocenters. The van der Waals surface area contributed by atoms with Crippen LogP contribution >= 0.6 is 12.4 Å². The molecule has 1 aliphatic heterocycles. The largest absolute Gasteiger partial charge is 0.399 e. The standard InChI is InChI=1S/C29H35N5.ClH/c30-23-10-12-25-26-13-11-24(31)21-28(26)34(29(27(25)20-23)22-8-3-1-4-9-22)18-7-14-32-15-19-33-16-5-2-6-17-33;/h1,3-4,8-13,20-21,31-32H,2,5-7,14-19,30H2;1H/p+1. The van der Waals surface area contributed by atoms with Gasteiger partial charge in [-0.2, -0.15) is 4.57 Å². The number of nitrogen functional groups attached to an aromatic ring is 2. The van der Waals surface area contributed by atoms with Crippen molar-refractivity contribution in [2.45, 2.75) is 32.2 Å². The highest BCUT2D eigenvalue weighted by molar-refractivity contribution is 6.10. The summed E-state index contributed by atoms with van der Waals surface area (Å²) in [5, 5.41) is 7.27. The Morgan fingerprint density at radius 3 is 2.26 bits per heavy atom. The van der Waals surface area contributed by atoms with Gasteiger partial charge in [0.15, 0.2) is 6.54 Å². The molecule has 184 valence electrons. The lowest BCUT2D eigenvalue weighted by molar-refractivity contribution is -0.659. The van der Waals surface area contributed by atoms with Gasteiger partial charge >= 0.3 is 0 Å². The summed E-state index contributed by atoms with van der Waals surface area (Å²) < 4.78 is 2.44. The van der Waals surface area contributed by atoms with E-state index in [4.69, 9.17) is 11.5 Å². The summed E-state index contributed by atoms with van der Waals surface area (Å²) in [6.07, 6.45) is 5.13. The number of piperidine rings is 1. The van der Waals surface area contributed by atoms with Crippen LogP contribution in [0.2, 0.25) is 0 Å². The zero-order valence-corrected chi connectivity index (χ0v) is 21.2. The van der Waals surface area contributed by atoms with Gasteiger partial charge in [-0.25, -0.2) is 0 Å². The van der Waals surface area contributed by atoms with Crippen molar-refractivity contribution in [2.75, 3.05) is 44.2 Å². The maximum atomic E-state index is 6.26. The molecule has 0 atom stereocenters. The van der Waals surface area contributed by atoms with Crippen LogP contribution in [0.3, 0.4) is 0 Å². The molecule has 2 heterocycles. The lowest BCUT2D eigenvalue weighted by Gasteiger charge is -2.26. The topological polar surface area (TPSA) is 71.2 Å². The number of halogens is 1. The molecule has 1 aliphatic rings. The molecule has 1 fully saturated rings. The highest BCUT2D eigenvalue weighted by Crippen LogP contribution is 2.33. The Kier molecular flexibility index (Phi) is 8.45. The second-order valence-corrected chi connectivity index (χ2v) is 9.45. The maximum Gasteiger partial charge on any atom is 0.220 e. The van der Waals surface area contributed by atoms with E-state index in [1.165, 1.54) is 65.3 Å². The minimum atomic E-state index is 0. The fourth-order valence-corrected chi connectivity index (χ4v) is 5.31. The van der Waals surface area contributed by atoms with Gasteiger partial charge in [0.05, 0.1) is 10.8 Å². The number of pyridine rings is 1. The number of aryl methyl sites for hydroxylation is 1. The smallest absolute Gasteiger partial charge is 0.220 e. The first kappa shape index (κ1) is 25.2. The highest BCUT2D eigenvalue weighted by Gasteiger charge is 2.23. The summed E-state index contributed by atoms with van der Waals surface area (Å²) in [5.41, 5.74) is 17.7. The summed E-state index contributed by atoms with van der Waals surface area (Å²) in [6, 6.07) is 23.1. The van der Waals surface area contributed by atoms with Crippen LogP contribution in [0.4, 0.5) is 11.4 Å². The first-order valence-electron chi connectivity index (χ1n) is 12.6. The van der Waals surface area contributed by atoms with E-state index in [0.717, 1.165) is 44.0 Å². The summed E-state index contributed by atoms with van der Waals surface area (Å²) in [4.78, 5) is 2.59. The predicted octanol–water partition coefficient (Wildman–Crippen LogP) is 5.00. The van der Waals surface area contributed by atoms with Crippen molar-refractivity contribution in [3.63, 3.8) is 0 Å². The van der Waals surface area contributed by atoms with Gasteiger partial charge in [-0.3, -0.25) is 0 Å². The maximum absolute atomic E-state index is 6.26. The Labute approximate surface area is 214 Å². The van der Waals surface area contributed by atoms with Crippen molar-refractivity contribution in [2.24, 2.45) is 0 Å². The van der Waals surface area contributed by atoms with Crippen molar-refractivity contribution < 1.29 is 4.57 Å². The first-order valence-corrected chi connectivity index (χ1v) is 12.6. The SMILES string of the molecule is Cl.Nc1ccc2c(c1)c(-c1ccccc1)[n+](CCCNCCN1CCCCC1)c1cc(N)ccc21. The van der Waals surface area contributed by atoms with E-state index in [-0.39, 0.29) is 12.4 Å². The van der Waals surface area contributed by atoms with Crippen LogP contribution in [0, 0.1) is 0 Å². The van der Waals surface area contributed by atoms with Crippen LogP contribution < -0.4 is 21.4 Å². The number of aromatic nitrogens is 1. The van der Waals surface area contributed by atoms with Crippen LogP contribution in [0.5, 0.6) is 0 Å². The van der Waals surface area contributed by atoms with Crippen molar-refractivity contribution in [3.8, 4) is 11.3 Å². The average Bonchev–Trinajstić information content (AvgIpc) is 2.87. The van der Waals surface area contributed by atoms with Crippen molar-refractivity contribution >= 4 is 45.5 Å². The molecular weight excluding hydrogens is 454 g/mol. The molecule has 0 amide bonds. The van der Waals surface area contributed by atoms with Gasteiger partial charge in [0, 0.05) is 54.4 Å². The van der Waals surface area contributed by atoms with Crippen LogP contribution in [0.15, 0.2) is 66.7 Å². The molecule has 6 heteroatoms. The lowest BCUT2D eigenvalue weighted by Crippen LogP contribution is -2.40. The number of likely N-dealkylation sites (tertiary alicyclic amines) is 1.